The molecule has 0 amide bonds. The fourth-order valence-electron chi connectivity index (χ4n) is 2.07. The van der Waals surface area contributed by atoms with Crippen LogP contribution in [0.3, 0.4) is 0 Å². The van der Waals surface area contributed by atoms with E-state index < -0.39 is 45.6 Å². The molecule has 0 bridgehead atoms. The molecule has 0 aliphatic carbocycles. The summed E-state index contributed by atoms with van der Waals surface area (Å²) in [6.07, 6.45) is 1.91. The molecule has 0 aromatic carbocycles. The van der Waals surface area contributed by atoms with Crippen molar-refractivity contribution in [1.82, 2.24) is 19.5 Å². The molecule has 2 rings (SSSR count). The third kappa shape index (κ3) is 7.06. The lowest BCUT2D eigenvalue weighted by Crippen LogP contribution is -2.19. The Balaban J connectivity index is 1.96. The molecule has 0 saturated carbocycles. The standard InChI is InChI=1S/C15H22N5O8P/c1-10(4-20-6-19-13-14(16)17-5-18-15(13)20)26-9-29(23,27-7-24-11(2)21)28-8-25-12(3)22/h5-6,10H,4,7-9H2,1-3H3,(H2,16,17,18). The van der Waals surface area contributed by atoms with Crippen LogP contribution >= 0.6 is 7.60 Å². The number of ether oxygens (including phenoxy) is 3. The van der Waals surface area contributed by atoms with Crippen molar-refractivity contribution in [2.75, 3.05) is 25.7 Å². The van der Waals surface area contributed by atoms with Gasteiger partial charge in [-0.2, -0.15) is 0 Å². The Morgan fingerprint density at radius 2 is 1.76 bits per heavy atom. The van der Waals surface area contributed by atoms with Gasteiger partial charge in [-0.15, -0.1) is 0 Å². The minimum atomic E-state index is -3.88. The van der Waals surface area contributed by atoms with Crippen LogP contribution in [0.1, 0.15) is 20.8 Å². The van der Waals surface area contributed by atoms with Gasteiger partial charge in [-0.1, -0.05) is 0 Å². The van der Waals surface area contributed by atoms with Crippen LogP contribution in [-0.2, 0) is 44.0 Å². The van der Waals surface area contributed by atoms with Crippen molar-refractivity contribution in [3.8, 4) is 0 Å². The van der Waals surface area contributed by atoms with Gasteiger partial charge < -0.3 is 24.5 Å². The summed E-state index contributed by atoms with van der Waals surface area (Å²) in [5.41, 5.74) is 6.73. The molecule has 0 saturated heterocycles. The summed E-state index contributed by atoms with van der Waals surface area (Å²) >= 11 is 0. The zero-order valence-electron chi connectivity index (χ0n) is 16.1. The number of fused-ring (bicyclic) bond motifs is 1. The number of aromatic nitrogens is 4. The van der Waals surface area contributed by atoms with E-state index in [1.807, 2.05) is 0 Å². The summed E-state index contributed by atoms with van der Waals surface area (Å²) in [5.74, 6) is -0.997. The first kappa shape index (κ1) is 22.7. The molecule has 1 atom stereocenters. The van der Waals surface area contributed by atoms with Crippen molar-refractivity contribution in [1.29, 1.82) is 0 Å². The maximum absolute atomic E-state index is 12.7. The highest BCUT2D eigenvalue weighted by Gasteiger charge is 2.28. The SMILES string of the molecule is CC(=O)OCOP(=O)(COC(C)Cn1cnc2c(N)ncnc21)OCOC(C)=O. The van der Waals surface area contributed by atoms with Crippen molar-refractivity contribution >= 4 is 36.5 Å². The highest BCUT2D eigenvalue weighted by atomic mass is 31.2. The molecule has 14 heteroatoms. The molecule has 2 aromatic rings. The minimum absolute atomic E-state index is 0.254. The van der Waals surface area contributed by atoms with Crippen molar-refractivity contribution in [3.05, 3.63) is 12.7 Å². The predicted octanol–water partition coefficient (Wildman–Crippen LogP) is 1.04. The zero-order valence-corrected chi connectivity index (χ0v) is 17.0. The number of nitrogens with zero attached hydrogens (tertiary/aromatic N) is 4. The summed E-state index contributed by atoms with van der Waals surface area (Å²) in [6, 6.07) is 0. The van der Waals surface area contributed by atoms with Gasteiger partial charge in [0, 0.05) is 13.8 Å². The first-order chi connectivity index (χ1) is 13.7. The number of nitrogen functional groups attached to an aromatic ring is 1. The minimum Gasteiger partial charge on any atom is -0.438 e. The normalized spacial score (nSPS) is 12.7. The lowest BCUT2D eigenvalue weighted by Gasteiger charge is -2.20. The lowest BCUT2D eigenvalue weighted by molar-refractivity contribution is -0.149. The fourth-order valence-corrected chi connectivity index (χ4v) is 3.16. The second-order valence-electron chi connectivity index (χ2n) is 5.81. The van der Waals surface area contributed by atoms with Crippen LogP contribution in [0.2, 0.25) is 0 Å². The molecule has 0 aliphatic heterocycles. The molecule has 29 heavy (non-hydrogen) atoms. The predicted molar refractivity (Wildman–Crippen MR) is 98.2 cm³/mol. The molecule has 160 valence electrons. The molecule has 0 radical (unpaired) electrons. The van der Waals surface area contributed by atoms with E-state index in [9.17, 15) is 14.2 Å². The van der Waals surface area contributed by atoms with Gasteiger partial charge >= 0.3 is 19.5 Å². The van der Waals surface area contributed by atoms with E-state index in [0.29, 0.717) is 17.7 Å². The van der Waals surface area contributed by atoms with Crippen LogP contribution in [0, 0.1) is 0 Å². The smallest absolute Gasteiger partial charge is 0.361 e. The van der Waals surface area contributed by atoms with E-state index in [1.54, 1.807) is 11.5 Å². The average molecular weight is 431 g/mol. The molecule has 2 heterocycles. The van der Waals surface area contributed by atoms with E-state index in [0.717, 1.165) is 0 Å². The Morgan fingerprint density at radius 3 is 2.34 bits per heavy atom. The lowest BCUT2D eigenvalue weighted by atomic mass is 10.4. The second-order valence-corrected chi connectivity index (χ2v) is 7.81. The molecular weight excluding hydrogens is 409 g/mol. The maximum atomic E-state index is 12.7. The number of carbonyl (C=O) groups is 2. The highest BCUT2D eigenvalue weighted by Crippen LogP contribution is 2.48. The Labute approximate surface area is 166 Å². The van der Waals surface area contributed by atoms with Gasteiger partial charge in [-0.3, -0.25) is 23.2 Å². The number of nitrogens with two attached hydrogens (primary N) is 1. The monoisotopic (exact) mass is 431 g/mol. The van der Waals surface area contributed by atoms with Crippen LogP contribution in [0.4, 0.5) is 5.82 Å². The van der Waals surface area contributed by atoms with Crippen LogP contribution in [0.25, 0.3) is 11.2 Å². The molecule has 2 N–H and O–H groups in total. The summed E-state index contributed by atoms with van der Waals surface area (Å²) in [4.78, 5) is 33.8. The van der Waals surface area contributed by atoms with E-state index in [2.05, 4.69) is 24.4 Å². The van der Waals surface area contributed by atoms with Crippen LogP contribution in [0.15, 0.2) is 12.7 Å². The Morgan fingerprint density at radius 1 is 1.14 bits per heavy atom. The zero-order chi connectivity index (χ0) is 21.4. The maximum Gasteiger partial charge on any atom is 0.361 e. The number of esters is 2. The number of carbonyl (C=O) groups excluding carboxylic acids is 2. The first-order valence-corrected chi connectivity index (χ1v) is 10.1. The quantitative estimate of drug-likeness (QED) is 0.305. The van der Waals surface area contributed by atoms with Crippen molar-refractivity contribution in [3.63, 3.8) is 0 Å². The van der Waals surface area contributed by atoms with Gasteiger partial charge in [0.15, 0.2) is 11.5 Å². The summed E-state index contributed by atoms with van der Waals surface area (Å²) in [6.45, 7) is 3.15. The number of rotatable bonds is 11. The first-order valence-electron chi connectivity index (χ1n) is 8.38. The molecule has 0 aliphatic rings. The van der Waals surface area contributed by atoms with E-state index in [-0.39, 0.29) is 5.82 Å². The number of hydrogen-bond acceptors (Lipinski definition) is 12. The van der Waals surface area contributed by atoms with E-state index >= 15 is 0 Å². The van der Waals surface area contributed by atoms with Gasteiger partial charge in [0.25, 0.3) is 0 Å². The molecule has 2 aromatic heterocycles. The summed E-state index contributed by atoms with van der Waals surface area (Å²) in [7, 11) is -3.88. The third-order valence-corrected chi connectivity index (χ3v) is 4.89. The molecule has 0 fully saturated rings. The molecule has 0 spiro atoms. The molecular formula is C15H22N5O8P. The molecule has 1 unspecified atom stereocenters. The topological polar surface area (TPSA) is 167 Å². The number of anilines is 1. The van der Waals surface area contributed by atoms with Crippen molar-refractivity contribution in [2.24, 2.45) is 0 Å². The third-order valence-electron chi connectivity index (χ3n) is 3.42. The van der Waals surface area contributed by atoms with Gasteiger partial charge in [-0.05, 0) is 6.92 Å². The fraction of sp³-hybridized carbons (Fsp3) is 0.533. The highest BCUT2D eigenvalue weighted by molar-refractivity contribution is 7.53. The van der Waals surface area contributed by atoms with Gasteiger partial charge in [-0.25, -0.2) is 15.0 Å². The Kier molecular flexibility index (Phi) is 8.02. The number of hydrogen-bond donors (Lipinski definition) is 1. The Hall–Kier alpha value is -2.60. The van der Waals surface area contributed by atoms with Gasteiger partial charge in [0.2, 0.25) is 13.6 Å². The largest absolute Gasteiger partial charge is 0.438 e. The van der Waals surface area contributed by atoms with Crippen molar-refractivity contribution in [2.45, 2.75) is 33.4 Å². The van der Waals surface area contributed by atoms with E-state index in [4.69, 9.17) is 19.5 Å². The Bertz CT molecular complexity index is 880. The average Bonchev–Trinajstić information content (AvgIpc) is 3.04. The van der Waals surface area contributed by atoms with Gasteiger partial charge in [0.05, 0.1) is 19.0 Å². The van der Waals surface area contributed by atoms with Crippen LogP contribution < -0.4 is 5.73 Å². The summed E-state index contributed by atoms with van der Waals surface area (Å²) in [5, 5.41) is 0. The van der Waals surface area contributed by atoms with Crippen molar-refractivity contribution < 1.29 is 37.4 Å². The second kappa shape index (κ2) is 10.3. The summed E-state index contributed by atoms with van der Waals surface area (Å²) < 4.78 is 39.2. The van der Waals surface area contributed by atoms with E-state index in [1.165, 1.54) is 26.5 Å². The van der Waals surface area contributed by atoms with Gasteiger partial charge in [0.1, 0.15) is 18.2 Å². The number of imidazole rings is 1. The van der Waals surface area contributed by atoms with Crippen LogP contribution in [-0.4, -0.2) is 57.5 Å². The van der Waals surface area contributed by atoms with Crippen LogP contribution in [0.5, 0.6) is 0 Å². The molecule has 13 nitrogen and oxygen atoms in total.